The van der Waals surface area contributed by atoms with Gasteiger partial charge in [0.05, 0.1) is 15.6 Å². The van der Waals surface area contributed by atoms with Crippen molar-refractivity contribution in [3.63, 3.8) is 0 Å². The molecule has 2 aromatic heterocycles. The van der Waals surface area contributed by atoms with Crippen molar-refractivity contribution >= 4 is 40.9 Å². The summed E-state index contributed by atoms with van der Waals surface area (Å²) in [4.78, 5) is 17.2. The zero-order valence-electron chi connectivity index (χ0n) is 14.0. The molecule has 3 heterocycles. The smallest absolute Gasteiger partial charge is 0.257 e. The van der Waals surface area contributed by atoms with Gasteiger partial charge in [-0.2, -0.15) is 4.68 Å². The van der Waals surface area contributed by atoms with E-state index in [1.807, 2.05) is 0 Å². The van der Waals surface area contributed by atoms with Gasteiger partial charge in [0.1, 0.15) is 11.9 Å². The maximum atomic E-state index is 13.1. The van der Waals surface area contributed by atoms with Crippen molar-refractivity contribution in [3.8, 4) is 0 Å². The van der Waals surface area contributed by atoms with Gasteiger partial charge in [0.25, 0.3) is 5.91 Å². The molecule has 1 aliphatic rings. The predicted molar refractivity (Wildman–Crippen MR) is 102 cm³/mol. The lowest BCUT2D eigenvalue weighted by atomic mass is 9.95. The van der Waals surface area contributed by atoms with Crippen molar-refractivity contribution in [1.82, 2.24) is 25.2 Å². The van der Waals surface area contributed by atoms with Crippen LogP contribution in [0.1, 0.15) is 18.5 Å². The minimum absolute atomic E-state index is 0.323. The second kappa shape index (κ2) is 6.98. The van der Waals surface area contributed by atoms with Crippen LogP contribution in [-0.4, -0.2) is 31.1 Å². The van der Waals surface area contributed by atoms with Crippen LogP contribution in [-0.2, 0) is 4.79 Å². The summed E-state index contributed by atoms with van der Waals surface area (Å²) in [5, 5.41) is 18.3. The first-order valence-electron chi connectivity index (χ1n) is 7.97. The normalized spacial score (nSPS) is 15.9. The van der Waals surface area contributed by atoms with E-state index in [1.54, 1.807) is 49.5 Å². The molecule has 10 heteroatoms. The second-order valence-electron chi connectivity index (χ2n) is 5.86. The molecule has 0 saturated heterocycles. The van der Waals surface area contributed by atoms with Crippen LogP contribution in [0.4, 0.5) is 11.8 Å². The molecule has 0 aliphatic carbocycles. The van der Waals surface area contributed by atoms with E-state index in [0.29, 0.717) is 33.1 Å². The summed E-state index contributed by atoms with van der Waals surface area (Å²) in [6, 6.07) is 9.86. The topological polar surface area (TPSA) is 97.6 Å². The van der Waals surface area contributed by atoms with Gasteiger partial charge < -0.3 is 10.6 Å². The number of amides is 1. The minimum Gasteiger partial charge on any atom is -0.326 e. The number of fused-ring (bicyclic) bond motifs is 1. The highest BCUT2D eigenvalue weighted by molar-refractivity contribution is 6.42. The Morgan fingerprint density at radius 1 is 1.22 bits per heavy atom. The maximum absolute atomic E-state index is 13.1. The third-order valence-electron chi connectivity index (χ3n) is 4.12. The van der Waals surface area contributed by atoms with Crippen molar-refractivity contribution in [2.24, 2.45) is 0 Å². The Bertz CT molecular complexity index is 1050. The number of nitrogens with one attached hydrogen (secondary N) is 2. The maximum Gasteiger partial charge on any atom is 0.257 e. The highest BCUT2D eigenvalue weighted by Gasteiger charge is 2.34. The number of carbonyl (C=O) groups is 1. The summed E-state index contributed by atoms with van der Waals surface area (Å²) in [7, 11) is 0. The molecular formula is C17H13Cl2N7O. The van der Waals surface area contributed by atoms with E-state index in [4.69, 9.17) is 23.2 Å². The van der Waals surface area contributed by atoms with E-state index < -0.39 is 6.04 Å². The lowest BCUT2D eigenvalue weighted by Gasteiger charge is -2.28. The van der Waals surface area contributed by atoms with Crippen molar-refractivity contribution in [2.45, 2.75) is 13.0 Å². The van der Waals surface area contributed by atoms with Crippen LogP contribution in [0.5, 0.6) is 0 Å². The molecule has 136 valence electrons. The highest BCUT2D eigenvalue weighted by atomic mass is 35.5. The van der Waals surface area contributed by atoms with Crippen LogP contribution in [0.15, 0.2) is 53.9 Å². The number of tetrazole rings is 1. The molecule has 0 spiro atoms. The number of aromatic nitrogens is 5. The summed E-state index contributed by atoms with van der Waals surface area (Å²) in [6.45, 7) is 1.79. The van der Waals surface area contributed by atoms with Gasteiger partial charge in [-0.25, -0.2) is 4.98 Å². The number of halogens is 2. The van der Waals surface area contributed by atoms with Gasteiger partial charge in [0, 0.05) is 11.9 Å². The number of benzene rings is 1. The summed E-state index contributed by atoms with van der Waals surface area (Å²) >= 11 is 12.2. The third-order valence-corrected chi connectivity index (χ3v) is 4.86. The van der Waals surface area contributed by atoms with Crippen LogP contribution in [0.3, 0.4) is 0 Å². The molecule has 1 atom stereocenters. The summed E-state index contributed by atoms with van der Waals surface area (Å²) in [5.74, 6) is 0.548. The molecule has 4 rings (SSSR count). The Kier molecular flexibility index (Phi) is 4.51. The Labute approximate surface area is 164 Å². The Hall–Kier alpha value is -2.97. The lowest BCUT2D eigenvalue weighted by Crippen LogP contribution is -2.31. The molecule has 0 radical (unpaired) electrons. The van der Waals surface area contributed by atoms with Crippen molar-refractivity contribution in [3.05, 3.63) is 69.5 Å². The molecule has 27 heavy (non-hydrogen) atoms. The van der Waals surface area contributed by atoms with Gasteiger partial charge in [-0.15, -0.1) is 0 Å². The number of allylic oxidation sites excluding steroid dienone is 1. The molecule has 0 saturated carbocycles. The monoisotopic (exact) mass is 401 g/mol. The van der Waals surface area contributed by atoms with E-state index in [2.05, 4.69) is 31.1 Å². The van der Waals surface area contributed by atoms with E-state index in [0.717, 1.165) is 5.56 Å². The zero-order chi connectivity index (χ0) is 19.0. The molecule has 0 bridgehead atoms. The standard InChI is InChI=1S/C17H13Cl2N7O/c1-9-14(16(27)22-13-4-2-3-7-20-13)15(26-17(21-9)23-24-25-26)10-5-6-11(18)12(19)8-10/h2-8,15H,1H3,(H,20,22,27)(H,21,23,25). The van der Waals surface area contributed by atoms with Gasteiger partial charge >= 0.3 is 0 Å². The first kappa shape index (κ1) is 17.4. The predicted octanol–water partition coefficient (Wildman–Crippen LogP) is 3.30. The fraction of sp³-hybridized carbons (Fsp3) is 0.118. The average molecular weight is 402 g/mol. The second-order valence-corrected chi connectivity index (χ2v) is 6.67. The molecule has 3 aromatic rings. The van der Waals surface area contributed by atoms with Crippen molar-refractivity contribution in [1.29, 1.82) is 0 Å². The van der Waals surface area contributed by atoms with Crippen molar-refractivity contribution < 1.29 is 4.79 Å². The molecule has 8 nitrogen and oxygen atoms in total. The number of anilines is 2. The fourth-order valence-electron chi connectivity index (χ4n) is 2.92. The Morgan fingerprint density at radius 3 is 2.81 bits per heavy atom. The number of carbonyl (C=O) groups excluding carboxylic acids is 1. The molecule has 1 amide bonds. The van der Waals surface area contributed by atoms with Gasteiger partial charge in [0.2, 0.25) is 5.95 Å². The third kappa shape index (κ3) is 3.24. The zero-order valence-corrected chi connectivity index (χ0v) is 15.5. The summed E-state index contributed by atoms with van der Waals surface area (Å²) < 4.78 is 1.53. The first-order valence-corrected chi connectivity index (χ1v) is 8.73. The molecule has 0 fully saturated rings. The van der Waals surface area contributed by atoms with Crippen LogP contribution in [0.2, 0.25) is 10.0 Å². The molecule has 2 N–H and O–H groups in total. The van der Waals surface area contributed by atoms with Crippen molar-refractivity contribution in [2.75, 3.05) is 10.6 Å². The average Bonchev–Trinajstić information content (AvgIpc) is 3.11. The van der Waals surface area contributed by atoms with E-state index in [-0.39, 0.29) is 5.91 Å². The van der Waals surface area contributed by atoms with Gasteiger partial charge in [-0.1, -0.05) is 40.4 Å². The fourth-order valence-corrected chi connectivity index (χ4v) is 3.22. The Balaban J connectivity index is 1.79. The minimum atomic E-state index is -0.574. The van der Waals surface area contributed by atoms with Crippen LogP contribution in [0, 0.1) is 0 Å². The number of rotatable bonds is 3. The number of nitrogens with zero attached hydrogens (tertiary/aromatic N) is 5. The summed E-state index contributed by atoms with van der Waals surface area (Å²) in [6.07, 6.45) is 1.60. The van der Waals surface area contributed by atoms with Gasteiger partial charge in [-0.3, -0.25) is 4.79 Å². The Morgan fingerprint density at radius 2 is 2.07 bits per heavy atom. The van der Waals surface area contributed by atoms with E-state index in [1.165, 1.54) is 4.68 Å². The van der Waals surface area contributed by atoms with Gasteiger partial charge in [0.15, 0.2) is 0 Å². The molecule has 1 aromatic carbocycles. The quantitative estimate of drug-likeness (QED) is 0.698. The van der Waals surface area contributed by atoms with Crippen LogP contribution >= 0.6 is 23.2 Å². The SMILES string of the molecule is CC1=C(C(=O)Nc2ccccn2)C(c2ccc(Cl)c(Cl)c2)n2nnnc2N1. The van der Waals surface area contributed by atoms with E-state index >= 15 is 0 Å². The van der Waals surface area contributed by atoms with E-state index in [9.17, 15) is 4.79 Å². The summed E-state index contributed by atoms with van der Waals surface area (Å²) in [5.41, 5.74) is 1.80. The lowest BCUT2D eigenvalue weighted by molar-refractivity contribution is -0.113. The largest absolute Gasteiger partial charge is 0.326 e. The molecule has 1 unspecified atom stereocenters. The number of hydrogen-bond donors (Lipinski definition) is 2. The highest BCUT2D eigenvalue weighted by Crippen LogP contribution is 2.36. The first-order chi connectivity index (χ1) is 13.0. The van der Waals surface area contributed by atoms with Gasteiger partial charge in [-0.05, 0) is 47.2 Å². The molecule has 1 aliphatic heterocycles. The van der Waals surface area contributed by atoms with Crippen LogP contribution in [0.25, 0.3) is 0 Å². The van der Waals surface area contributed by atoms with Crippen LogP contribution < -0.4 is 10.6 Å². The molecular weight excluding hydrogens is 389 g/mol. The number of pyridine rings is 1. The number of hydrogen-bond acceptors (Lipinski definition) is 6.